The fourth-order valence-corrected chi connectivity index (χ4v) is 9.05. The van der Waals surface area contributed by atoms with E-state index in [0.717, 1.165) is 56.9 Å². The number of nitrogens with one attached hydrogen (secondary N) is 1. The number of aliphatic hydroxyl groups excluding tert-OH is 2. The Bertz CT molecular complexity index is 2410. The molecule has 9 atom stereocenters. The van der Waals surface area contributed by atoms with Gasteiger partial charge in [-0.15, -0.1) is 0 Å². The maximum Gasteiger partial charge on any atom is 0.312 e. The molecule has 0 aromatic heterocycles. The second-order valence-electron chi connectivity index (χ2n) is 18.7. The number of aliphatic hydroxyl groups is 2. The molecule has 9 unspecified atom stereocenters. The third-order valence-corrected chi connectivity index (χ3v) is 13.4. The van der Waals surface area contributed by atoms with Crippen molar-refractivity contribution in [3.05, 3.63) is 83.2 Å². The summed E-state index contributed by atoms with van der Waals surface area (Å²) in [6, 6.07) is 9.78. The Morgan fingerprint density at radius 1 is 0.829 bits per heavy atom. The molecule has 0 aliphatic carbocycles. The Balaban J connectivity index is 1.43. The number of esters is 1. The molecule has 5 bridgehead atoms. The number of hydrogen-bond donors (Lipinski definition) is 6. The molecule has 6 rings (SSSR count). The van der Waals surface area contributed by atoms with Crippen molar-refractivity contribution in [2.45, 2.75) is 137 Å². The number of aromatic hydroxyl groups is 3. The van der Waals surface area contributed by atoms with E-state index >= 15 is 0 Å². The third kappa shape index (κ3) is 13.0. The quantitative estimate of drug-likeness (QED) is 0.0196. The number of anilines is 1. The minimum absolute atomic E-state index is 0.0368. The fourth-order valence-electron chi connectivity index (χ4n) is 9.05. The first-order chi connectivity index (χ1) is 33.3. The Morgan fingerprint density at radius 3 is 2.11 bits per heavy atom. The number of allylic oxidation sites excluding steroid dienone is 2. The van der Waals surface area contributed by atoms with E-state index in [1.807, 2.05) is 30.3 Å². The predicted octanol–water partition coefficient (Wildman–Crippen LogP) is 9.30. The van der Waals surface area contributed by atoms with E-state index in [-0.39, 0.29) is 51.1 Å². The lowest BCUT2D eigenvalue weighted by Crippen LogP contribution is -2.46. The predicted molar refractivity (Wildman–Crippen MR) is 266 cm³/mol. The summed E-state index contributed by atoms with van der Waals surface area (Å²) >= 11 is 0. The van der Waals surface area contributed by atoms with Gasteiger partial charge in [0.05, 0.1) is 59.6 Å². The molecule has 382 valence electrons. The molecule has 0 radical (unpaired) electrons. The molecule has 0 fully saturated rings. The average molecular weight is 973 g/mol. The lowest BCUT2D eigenvalue weighted by atomic mass is 9.78. The van der Waals surface area contributed by atoms with Gasteiger partial charge < -0.3 is 59.4 Å². The minimum atomic E-state index is -2.07. The van der Waals surface area contributed by atoms with Crippen LogP contribution in [0.25, 0.3) is 10.8 Å². The first kappa shape index (κ1) is 54.8. The highest BCUT2D eigenvalue weighted by Gasteiger charge is 2.50. The highest BCUT2D eigenvalue weighted by Crippen LogP contribution is 2.55. The van der Waals surface area contributed by atoms with Gasteiger partial charge >= 0.3 is 11.8 Å². The van der Waals surface area contributed by atoms with E-state index in [2.05, 4.69) is 10.5 Å². The zero-order valence-corrected chi connectivity index (χ0v) is 41.9. The van der Waals surface area contributed by atoms with Gasteiger partial charge in [-0.1, -0.05) is 101 Å². The standard InChI is InChI=1S/C54H72N2O14/c1-31-22-21-23-32(2)53(64)56-44-39(30-55-68-28-20-15-13-11-10-12-14-19-27-66-38-24-17-16-18-25-38)48(61)41-42(49(44)62)47(60)36(6)51-43(41)52(63)54(8,70-51)67-29-26-40(65-9)33(3)50(69-37(7)57)35(5)46(59)34(4)45(31)58/h16-18,21-26,29-31,33-35,40,45-46,50,58-62H,10-15,19-20,27-28H2,1-9H3,(H,56,64)/b22-21+,29-26+,32-23+,55-30+. The number of carbonyl (C=O) groups is 3. The minimum Gasteiger partial charge on any atom is -0.507 e. The topological polar surface area (TPSA) is 232 Å². The molecule has 3 aliphatic heterocycles. The number of nitrogens with zero attached hydrogens (tertiary/aromatic N) is 1. The van der Waals surface area contributed by atoms with E-state index in [1.165, 1.54) is 53.2 Å². The number of para-hydroxylation sites is 1. The molecule has 3 aromatic carbocycles. The van der Waals surface area contributed by atoms with E-state index in [0.29, 0.717) is 13.0 Å². The number of ketones is 1. The Kier molecular flexibility index (Phi) is 19.7. The zero-order chi connectivity index (χ0) is 51.3. The number of hydrogen-bond acceptors (Lipinski definition) is 15. The van der Waals surface area contributed by atoms with Gasteiger partial charge in [0.2, 0.25) is 0 Å². The number of methoxy groups -OCH3 is 1. The number of benzene rings is 3. The van der Waals surface area contributed by atoms with Crippen LogP contribution in [0.3, 0.4) is 0 Å². The van der Waals surface area contributed by atoms with Gasteiger partial charge in [0.15, 0.2) is 5.75 Å². The molecule has 16 nitrogen and oxygen atoms in total. The Morgan fingerprint density at radius 2 is 1.47 bits per heavy atom. The van der Waals surface area contributed by atoms with Crippen LogP contribution in [0.2, 0.25) is 0 Å². The molecule has 0 saturated heterocycles. The van der Waals surface area contributed by atoms with Crippen LogP contribution in [0.4, 0.5) is 5.69 Å². The van der Waals surface area contributed by atoms with Crippen LogP contribution in [-0.2, 0) is 28.6 Å². The summed E-state index contributed by atoms with van der Waals surface area (Å²) in [5.41, 5.74) is -0.575. The van der Waals surface area contributed by atoms with Crippen LogP contribution >= 0.6 is 0 Å². The van der Waals surface area contributed by atoms with Crippen molar-refractivity contribution in [3.63, 3.8) is 0 Å². The fraction of sp³-hybridized carbons (Fsp3) is 0.519. The lowest BCUT2D eigenvalue weighted by molar-refractivity contribution is -0.160. The summed E-state index contributed by atoms with van der Waals surface area (Å²) < 4.78 is 29.4. The number of phenolic OH excluding ortho intramolecular Hbond substituents is 3. The van der Waals surface area contributed by atoms with Crippen LogP contribution in [-0.4, -0.2) is 99.9 Å². The maximum absolute atomic E-state index is 14.5. The Hall–Kier alpha value is -6.10. The van der Waals surface area contributed by atoms with Gasteiger partial charge in [-0.05, 0) is 51.3 Å². The number of fused-ring (bicyclic) bond motifs is 14. The number of amides is 1. The molecule has 6 N–H and O–H groups in total. The first-order valence-corrected chi connectivity index (χ1v) is 24.3. The van der Waals surface area contributed by atoms with Gasteiger partial charge in [0, 0.05) is 61.2 Å². The van der Waals surface area contributed by atoms with Crippen molar-refractivity contribution in [1.82, 2.24) is 0 Å². The molecule has 3 aromatic rings. The van der Waals surface area contributed by atoms with Gasteiger partial charge in [-0.25, -0.2) is 0 Å². The number of carbonyl (C=O) groups excluding carboxylic acids is 3. The van der Waals surface area contributed by atoms with Crippen molar-refractivity contribution in [3.8, 4) is 28.7 Å². The number of ether oxygens (including phenoxy) is 5. The van der Waals surface area contributed by atoms with Crippen LogP contribution in [0.1, 0.15) is 121 Å². The van der Waals surface area contributed by atoms with E-state index in [4.69, 9.17) is 28.5 Å². The SMILES string of the molecule is COC1/C=C/OC2(C)Oc3c(C)c(O)c4c(O)c(c(/C=N/OCCCCCCCCCCOc5ccccc5)c(O)c4c3C2=O)NC(=O)/C(C)=C/C=C/C(C)C(O)C(C)C(O)C(C)C(OC(C)=O)C1C. The number of oxime groups is 1. The average Bonchev–Trinajstić information content (AvgIpc) is 3.60. The van der Waals surface area contributed by atoms with Crippen molar-refractivity contribution in [2.75, 3.05) is 25.6 Å². The number of Topliss-reactive ketones (excluding diaryl/α,β-unsaturated/α-hetero) is 1. The van der Waals surface area contributed by atoms with Gasteiger partial charge in [-0.2, -0.15) is 0 Å². The van der Waals surface area contributed by atoms with E-state index in [9.17, 15) is 39.9 Å². The van der Waals surface area contributed by atoms with Crippen molar-refractivity contribution in [2.24, 2.45) is 28.8 Å². The van der Waals surface area contributed by atoms with Crippen molar-refractivity contribution < 1.29 is 68.4 Å². The highest BCUT2D eigenvalue weighted by molar-refractivity contribution is 6.23. The molecular weight excluding hydrogens is 901 g/mol. The molecule has 3 heterocycles. The van der Waals surface area contributed by atoms with Crippen LogP contribution in [0.5, 0.6) is 28.7 Å². The van der Waals surface area contributed by atoms with Crippen LogP contribution < -0.4 is 14.8 Å². The summed E-state index contributed by atoms with van der Waals surface area (Å²) in [5, 5.41) is 64.8. The largest absolute Gasteiger partial charge is 0.507 e. The van der Waals surface area contributed by atoms with Crippen molar-refractivity contribution >= 4 is 40.3 Å². The van der Waals surface area contributed by atoms with Crippen LogP contribution in [0, 0.1) is 30.6 Å². The van der Waals surface area contributed by atoms with E-state index in [1.54, 1.807) is 39.8 Å². The summed E-state index contributed by atoms with van der Waals surface area (Å²) in [6.07, 6.45) is 12.6. The lowest BCUT2D eigenvalue weighted by Gasteiger charge is -2.38. The number of phenols is 3. The molecule has 0 spiro atoms. The molecular formula is C54H72N2O14. The van der Waals surface area contributed by atoms with Gasteiger partial charge in [0.1, 0.15) is 35.7 Å². The molecule has 3 aliphatic rings. The van der Waals surface area contributed by atoms with Gasteiger partial charge in [0.25, 0.3) is 11.7 Å². The normalized spacial score (nSPS) is 27.1. The smallest absolute Gasteiger partial charge is 0.312 e. The first-order valence-electron chi connectivity index (χ1n) is 24.3. The van der Waals surface area contributed by atoms with Crippen LogP contribution in [0.15, 0.2) is 71.6 Å². The summed E-state index contributed by atoms with van der Waals surface area (Å²) in [7, 11) is 1.43. The second kappa shape index (κ2) is 25.1. The maximum atomic E-state index is 14.5. The molecule has 0 saturated carbocycles. The number of unbranched alkanes of at least 4 members (excludes halogenated alkanes) is 7. The summed E-state index contributed by atoms with van der Waals surface area (Å²) in [4.78, 5) is 46.3. The molecule has 1 amide bonds. The number of rotatable bonds is 16. The van der Waals surface area contributed by atoms with Gasteiger partial charge in [-0.3, -0.25) is 14.4 Å². The molecule has 70 heavy (non-hydrogen) atoms. The Labute approximate surface area is 410 Å². The second-order valence-corrected chi connectivity index (χ2v) is 18.7. The van der Waals surface area contributed by atoms with Crippen molar-refractivity contribution in [1.29, 1.82) is 0 Å². The summed E-state index contributed by atoms with van der Waals surface area (Å²) in [6.45, 7) is 13.4. The molecule has 16 heteroatoms. The third-order valence-electron chi connectivity index (χ3n) is 13.4. The summed E-state index contributed by atoms with van der Waals surface area (Å²) in [5.74, 6) is -7.75. The van der Waals surface area contributed by atoms with E-state index < -0.39 is 88.8 Å². The zero-order valence-electron chi connectivity index (χ0n) is 41.9. The monoisotopic (exact) mass is 972 g/mol. The highest BCUT2D eigenvalue weighted by atomic mass is 16.7.